The first-order valence-corrected chi connectivity index (χ1v) is 8.57. The Morgan fingerprint density at radius 2 is 2.14 bits per heavy atom. The number of aryl methyl sites for hydroxylation is 1. The molecule has 2 atom stereocenters. The van der Waals surface area contributed by atoms with Crippen LogP contribution in [0.1, 0.15) is 55.7 Å². The summed E-state index contributed by atoms with van der Waals surface area (Å²) in [6, 6.07) is 8.49. The standard InChI is InChI=1S/C18H26N2O2/c21-18(19-12-5-8-15-7-3-4-13-22-15)20-17-11-10-14-6-1-2-9-16(14)17/h1-2,6,9,15,17H,3-5,7-8,10-13H2,(H2,19,20,21)/t15-,17+/m1/s1. The van der Waals surface area contributed by atoms with Crippen LogP contribution in [-0.2, 0) is 11.2 Å². The van der Waals surface area contributed by atoms with Gasteiger partial charge in [-0.3, -0.25) is 0 Å². The topological polar surface area (TPSA) is 50.4 Å². The molecule has 0 aromatic heterocycles. The van der Waals surface area contributed by atoms with Gasteiger partial charge in [0.05, 0.1) is 12.1 Å². The number of ether oxygens (including phenoxy) is 1. The third-order valence-corrected chi connectivity index (χ3v) is 4.70. The number of urea groups is 1. The highest BCUT2D eigenvalue weighted by Crippen LogP contribution is 2.30. The molecule has 0 radical (unpaired) electrons. The van der Waals surface area contributed by atoms with Gasteiger partial charge in [0.15, 0.2) is 0 Å². The van der Waals surface area contributed by atoms with Crippen LogP contribution in [0.25, 0.3) is 0 Å². The summed E-state index contributed by atoms with van der Waals surface area (Å²) in [6.07, 6.45) is 8.14. The number of hydrogen-bond acceptors (Lipinski definition) is 2. The quantitative estimate of drug-likeness (QED) is 0.820. The number of nitrogens with one attached hydrogen (secondary N) is 2. The van der Waals surface area contributed by atoms with Crippen molar-refractivity contribution in [2.45, 2.75) is 57.1 Å². The Morgan fingerprint density at radius 1 is 1.23 bits per heavy atom. The Bertz CT molecular complexity index is 498. The highest BCUT2D eigenvalue weighted by Gasteiger charge is 2.23. The first-order chi connectivity index (χ1) is 10.8. The number of amides is 2. The average molecular weight is 302 g/mol. The number of hydrogen-bond donors (Lipinski definition) is 2. The van der Waals surface area contributed by atoms with Crippen molar-refractivity contribution in [3.63, 3.8) is 0 Å². The molecule has 4 heteroatoms. The number of fused-ring (bicyclic) bond motifs is 1. The van der Waals surface area contributed by atoms with Crippen molar-refractivity contribution in [3.8, 4) is 0 Å². The van der Waals surface area contributed by atoms with Gasteiger partial charge < -0.3 is 15.4 Å². The van der Waals surface area contributed by atoms with Gasteiger partial charge in [-0.15, -0.1) is 0 Å². The van der Waals surface area contributed by atoms with E-state index in [-0.39, 0.29) is 12.1 Å². The normalized spacial score (nSPS) is 23.8. The summed E-state index contributed by atoms with van der Waals surface area (Å²) in [6.45, 7) is 1.62. The number of carbonyl (C=O) groups excluding carboxylic acids is 1. The maximum absolute atomic E-state index is 12.0. The summed E-state index contributed by atoms with van der Waals surface area (Å²) in [7, 11) is 0. The molecular weight excluding hydrogens is 276 g/mol. The summed E-state index contributed by atoms with van der Waals surface area (Å²) >= 11 is 0. The van der Waals surface area contributed by atoms with Gasteiger partial charge >= 0.3 is 6.03 Å². The molecule has 1 aliphatic heterocycles. The molecule has 1 heterocycles. The highest BCUT2D eigenvalue weighted by molar-refractivity contribution is 5.74. The summed E-state index contributed by atoms with van der Waals surface area (Å²) in [5.41, 5.74) is 2.63. The zero-order valence-electron chi connectivity index (χ0n) is 13.1. The summed E-state index contributed by atoms with van der Waals surface area (Å²) in [4.78, 5) is 12.0. The first-order valence-electron chi connectivity index (χ1n) is 8.57. The number of carbonyl (C=O) groups is 1. The molecule has 2 amide bonds. The van der Waals surface area contributed by atoms with E-state index in [0.29, 0.717) is 6.10 Å². The molecule has 0 unspecified atom stereocenters. The second-order valence-electron chi connectivity index (χ2n) is 6.32. The minimum atomic E-state index is -0.0498. The smallest absolute Gasteiger partial charge is 0.315 e. The second kappa shape index (κ2) is 7.63. The van der Waals surface area contributed by atoms with E-state index in [2.05, 4.69) is 28.8 Å². The van der Waals surface area contributed by atoms with Crippen LogP contribution >= 0.6 is 0 Å². The molecule has 0 bridgehead atoms. The molecule has 3 rings (SSSR count). The van der Waals surface area contributed by atoms with Crippen LogP contribution in [0.15, 0.2) is 24.3 Å². The van der Waals surface area contributed by atoms with Crippen molar-refractivity contribution in [3.05, 3.63) is 35.4 Å². The average Bonchev–Trinajstić information content (AvgIpc) is 2.96. The van der Waals surface area contributed by atoms with Gasteiger partial charge in [0.1, 0.15) is 0 Å². The SMILES string of the molecule is O=C(NCCC[C@H]1CCCCO1)N[C@H]1CCc2ccccc21. The van der Waals surface area contributed by atoms with Crippen LogP contribution in [-0.4, -0.2) is 25.3 Å². The lowest BCUT2D eigenvalue weighted by Gasteiger charge is -2.22. The van der Waals surface area contributed by atoms with Crippen LogP contribution in [0.3, 0.4) is 0 Å². The van der Waals surface area contributed by atoms with Gasteiger partial charge in [-0.2, -0.15) is 0 Å². The van der Waals surface area contributed by atoms with Gasteiger partial charge in [0.2, 0.25) is 0 Å². The summed E-state index contributed by atoms with van der Waals surface area (Å²) < 4.78 is 5.70. The maximum Gasteiger partial charge on any atom is 0.315 e. The maximum atomic E-state index is 12.0. The second-order valence-corrected chi connectivity index (χ2v) is 6.32. The lowest BCUT2D eigenvalue weighted by atomic mass is 10.0. The van der Waals surface area contributed by atoms with Crippen LogP contribution in [0.4, 0.5) is 4.79 Å². The zero-order valence-corrected chi connectivity index (χ0v) is 13.1. The number of rotatable bonds is 5. The Morgan fingerprint density at radius 3 is 3.00 bits per heavy atom. The van der Waals surface area contributed by atoms with E-state index in [4.69, 9.17) is 4.74 Å². The molecule has 1 fully saturated rings. The molecule has 1 aromatic carbocycles. The minimum Gasteiger partial charge on any atom is -0.378 e. The molecule has 120 valence electrons. The van der Waals surface area contributed by atoms with Gasteiger partial charge in [-0.05, 0) is 56.1 Å². The van der Waals surface area contributed by atoms with E-state index in [0.717, 1.165) is 38.8 Å². The van der Waals surface area contributed by atoms with Crippen molar-refractivity contribution in [2.24, 2.45) is 0 Å². The van der Waals surface area contributed by atoms with Crippen molar-refractivity contribution in [2.75, 3.05) is 13.2 Å². The van der Waals surface area contributed by atoms with Crippen molar-refractivity contribution >= 4 is 6.03 Å². The fourth-order valence-electron chi connectivity index (χ4n) is 3.48. The monoisotopic (exact) mass is 302 g/mol. The Hall–Kier alpha value is -1.55. The van der Waals surface area contributed by atoms with Crippen molar-refractivity contribution < 1.29 is 9.53 Å². The van der Waals surface area contributed by atoms with Gasteiger partial charge in [-0.1, -0.05) is 24.3 Å². The van der Waals surface area contributed by atoms with Gasteiger partial charge in [0.25, 0.3) is 0 Å². The van der Waals surface area contributed by atoms with Crippen LogP contribution in [0, 0.1) is 0 Å². The predicted molar refractivity (Wildman–Crippen MR) is 86.9 cm³/mol. The third kappa shape index (κ3) is 4.01. The molecule has 4 nitrogen and oxygen atoms in total. The zero-order chi connectivity index (χ0) is 15.2. The summed E-state index contributed by atoms with van der Waals surface area (Å²) in [5.74, 6) is 0. The Balaban J connectivity index is 1.35. The first kappa shape index (κ1) is 15.3. The largest absolute Gasteiger partial charge is 0.378 e. The highest BCUT2D eigenvalue weighted by atomic mass is 16.5. The van der Waals surface area contributed by atoms with E-state index in [1.54, 1.807) is 0 Å². The Kier molecular flexibility index (Phi) is 5.33. The van der Waals surface area contributed by atoms with E-state index in [9.17, 15) is 4.79 Å². The predicted octanol–water partition coefficient (Wildman–Crippen LogP) is 3.32. The van der Waals surface area contributed by atoms with E-state index in [1.807, 2.05) is 6.07 Å². The Labute approximate surface area is 132 Å². The van der Waals surface area contributed by atoms with Gasteiger partial charge in [0, 0.05) is 13.2 Å². The van der Waals surface area contributed by atoms with E-state index < -0.39 is 0 Å². The minimum absolute atomic E-state index is 0.0498. The summed E-state index contributed by atoms with van der Waals surface area (Å²) in [5, 5.41) is 6.07. The molecule has 2 aliphatic rings. The molecule has 0 spiro atoms. The lowest BCUT2D eigenvalue weighted by Crippen LogP contribution is -2.38. The van der Waals surface area contributed by atoms with E-state index >= 15 is 0 Å². The van der Waals surface area contributed by atoms with Crippen molar-refractivity contribution in [1.29, 1.82) is 0 Å². The molecule has 2 N–H and O–H groups in total. The van der Waals surface area contributed by atoms with Crippen molar-refractivity contribution in [1.82, 2.24) is 10.6 Å². The molecule has 1 aromatic rings. The fourth-order valence-corrected chi connectivity index (χ4v) is 3.48. The van der Waals surface area contributed by atoms with Gasteiger partial charge in [-0.25, -0.2) is 4.79 Å². The number of benzene rings is 1. The lowest BCUT2D eigenvalue weighted by molar-refractivity contribution is 0.0103. The molecular formula is C18H26N2O2. The van der Waals surface area contributed by atoms with Crippen LogP contribution < -0.4 is 10.6 Å². The third-order valence-electron chi connectivity index (χ3n) is 4.70. The van der Waals surface area contributed by atoms with Crippen LogP contribution in [0.5, 0.6) is 0 Å². The van der Waals surface area contributed by atoms with Crippen LogP contribution in [0.2, 0.25) is 0 Å². The molecule has 1 aliphatic carbocycles. The van der Waals surface area contributed by atoms with E-state index in [1.165, 1.54) is 30.4 Å². The fraction of sp³-hybridized carbons (Fsp3) is 0.611. The molecule has 22 heavy (non-hydrogen) atoms. The molecule has 1 saturated heterocycles. The molecule has 0 saturated carbocycles.